The molecule has 9 heteroatoms. The number of benzene rings is 1. The number of fused-ring (bicyclic) bond motifs is 1. The topological polar surface area (TPSA) is 90.4 Å². The maximum Gasteiger partial charge on any atom is 0.414 e. The van der Waals surface area contributed by atoms with Crippen LogP contribution in [0.1, 0.15) is 37.4 Å². The maximum absolute atomic E-state index is 12.8. The van der Waals surface area contributed by atoms with Gasteiger partial charge in [-0.1, -0.05) is 6.07 Å². The van der Waals surface area contributed by atoms with E-state index in [0.29, 0.717) is 30.2 Å². The van der Waals surface area contributed by atoms with E-state index in [-0.39, 0.29) is 18.7 Å². The fraction of sp³-hybridized carbons (Fsp3) is 0.435. The molecule has 0 saturated heterocycles. The second kappa shape index (κ2) is 10.2. The zero-order valence-corrected chi connectivity index (χ0v) is 19.0. The van der Waals surface area contributed by atoms with Crippen molar-refractivity contribution in [3.05, 3.63) is 47.8 Å². The highest BCUT2D eigenvalue weighted by Gasteiger charge is 2.40. The van der Waals surface area contributed by atoms with Crippen molar-refractivity contribution in [1.82, 2.24) is 9.88 Å². The molecular formula is C23H29N3O6. The van der Waals surface area contributed by atoms with Crippen LogP contribution in [0.15, 0.2) is 36.7 Å². The minimum Gasteiger partial charge on any atom is -0.493 e. The van der Waals surface area contributed by atoms with E-state index in [2.05, 4.69) is 4.98 Å². The van der Waals surface area contributed by atoms with Gasteiger partial charge in [-0.25, -0.2) is 9.59 Å². The Kier molecular flexibility index (Phi) is 7.40. The molecule has 2 atom stereocenters. The first-order valence-electron chi connectivity index (χ1n) is 10.4. The molecule has 0 fully saturated rings. The largest absolute Gasteiger partial charge is 0.493 e. The molecule has 1 aliphatic heterocycles. The quantitative estimate of drug-likeness (QED) is 0.662. The number of carbonyl (C=O) groups is 2. The first-order valence-corrected chi connectivity index (χ1v) is 10.4. The van der Waals surface area contributed by atoms with Crippen LogP contribution in [-0.4, -0.2) is 56.0 Å². The van der Waals surface area contributed by atoms with E-state index >= 15 is 0 Å². The molecule has 2 heterocycles. The van der Waals surface area contributed by atoms with Gasteiger partial charge in [-0.2, -0.15) is 0 Å². The summed E-state index contributed by atoms with van der Waals surface area (Å²) in [5, 5.41) is 0. The molecule has 0 radical (unpaired) electrons. The van der Waals surface area contributed by atoms with Crippen LogP contribution < -0.4 is 14.4 Å². The van der Waals surface area contributed by atoms with Gasteiger partial charge in [0.15, 0.2) is 11.5 Å². The Morgan fingerprint density at radius 3 is 2.50 bits per heavy atom. The zero-order chi connectivity index (χ0) is 23.3. The van der Waals surface area contributed by atoms with Gasteiger partial charge in [0.25, 0.3) is 0 Å². The molecule has 0 aliphatic carbocycles. The van der Waals surface area contributed by atoms with E-state index in [0.717, 1.165) is 11.1 Å². The van der Waals surface area contributed by atoms with Gasteiger partial charge in [-0.05, 0) is 38.0 Å². The molecule has 0 saturated carbocycles. The Balaban J connectivity index is 2.14. The van der Waals surface area contributed by atoms with Crippen LogP contribution in [0.5, 0.6) is 11.5 Å². The lowest BCUT2D eigenvalue weighted by atomic mass is 9.90. The summed E-state index contributed by atoms with van der Waals surface area (Å²) in [6.07, 6.45) is 2.94. The Morgan fingerprint density at radius 2 is 1.91 bits per heavy atom. The van der Waals surface area contributed by atoms with Crippen molar-refractivity contribution >= 4 is 17.9 Å². The standard InChI is InChI=1S/C23H29N3O6/c1-6-32-23(28)26-15(2)10-18(17-11-20(29-3)21(30-4)12-19(17)26)25(22(27)31-5)14-16-8-7-9-24-13-16/h7-9,11-13,15,18H,6,10,14H2,1-5H3. The molecule has 9 nitrogen and oxygen atoms in total. The number of carbonyl (C=O) groups excluding carboxylic acids is 2. The van der Waals surface area contributed by atoms with Gasteiger partial charge in [-0.15, -0.1) is 0 Å². The van der Waals surface area contributed by atoms with Crippen molar-refractivity contribution in [3.63, 3.8) is 0 Å². The number of nitrogens with zero attached hydrogens (tertiary/aromatic N) is 3. The van der Waals surface area contributed by atoms with E-state index in [1.54, 1.807) is 48.4 Å². The van der Waals surface area contributed by atoms with Gasteiger partial charge >= 0.3 is 12.2 Å². The predicted molar refractivity (Wildman–Crippen MR) is 118 cm³/mol. The van der Waals surface area contributed by atoms with E-state index < -0.39 is 12.2 Å². The molecule has 32 heavy (non-hydrogen) atoms. The van der Waals surface area contributed by atoms with Gasteiger partial charge in [0.1, 0.15) is 0 Å². The molecule has 0 spiro atoms. The van der Waals surface area contributed by atoms with E-state index in [1.807, 2.05) is 19.1 Å². The highest BCUT2D eigenvalue weighted by atomic mass is 16.6. The van der Waals surface area contributed by atoms with E-state index in [4.69, 9.17) is 18.9 Å². The zero-order valence-electron chi connectivity index (χ0n) is 19.0. The molecule has 2 aromatic rings. The van der Waals surface area contributed by atoms with Crippen LogP contribution in [-0.2, 0) is 16.0 Å². The summed E-state index contributed by atoms with van der Waals surface area (Å²) in [5.74, 6) is 0.978. The van der Waals surface area contributed by atoms with E-state index in [9.17, 15) is 9.59 Å². The SMILES string of the molecule is CCOC(=O)N1c2cc(OC)c(OC)cc2C(N(Cc2cccnc2)C(=O)OC)CC1C. The Bertz CT molecular complexity index is 952. The number of hydrogen-bond donors (Lipinski definition) is 0. The Labute approximate surface area is 187 Å². The third-order valence-electron chi connectivity index (χ3n) is 5.48. The molecule has 2 unspecified atom stereocenters. The smallest absolute Gasteiger partial charge is 0.414 e. The van der Waals surface area contributed by atoms with Crippen LogP contribution >= 0.6 is 0 Å². The minimum atomic E-state index is -0.476. The number of amides is 2. The number of ether oxygens (including phenoxy) is 4. The van der Waals surface area contributed by atoms with Gasteiger partial charge in [-0.3, -0.25) is 14.8 Å². The van der Waals surface area contributed by atoms with Crippen molar-refractivity contribution in [3.8, 4) is 11.5 Å². The Hall–Kier alpha value is -3.49. The molecule has 1 aromatic heterocycles. The van der Waals surface area contributed by atoms with Crippen molar-refractivity contribution < 1.29 is 28.5 Å². The highest BCUT2D eigenvalue weighted by molar-refractivity contribution is 5.91. The average molecular weight is 444 g/mol. The van der Waals surface area contributed by atoms with Crippen molar-refractivity contribution in [2.24, 2.45) is 0 Å². The first-order chi connectivity index (χ1) is 15.4. The van der Waals surface area contributed by atoms with Gasteiger partial charge in [0.05, 0.1) is 46.2 Å². The van der Waals surface area contributed by atoms with Crippen LogP contribution in [0, 0.1) is 0 Å². The van der Waals surface area contributed by atoms with Crippen LogP contribution in [0.25, 0.3) is 0 Å². The van der Waals surface area contributed by atoms with Gasteiger partial charge < -0.3 is 18.9 Å². The number of rotatable bonds is 6. The molecule has 2 amide bonds. The highest BCUT2D eigenvalue weighted by Crippen LogP contribution is 2.46. The van der Waals surface area contributed by atoms with Crippen molar-refractivity contribution in [1.29, 1.82) is 0 Å². The third kappa shape index (κ3) is 4.56. The summed E-state index contributed by atoms with van der Waals surface area (Å²) in [6, 6.07) is 6.64. The fourth-order valence-electron chi connectivity index (χ4n) is 4.03. The maximum atomic E-state index is 12.8. The van der Waals surface area contributed by atoms with Crippen LogP contribution in [0.3, 0.4) is 0 Å². The number of anilines is 1. The fourth-order valence-corrected chi connectivity index (χ4v) is 4.03. The average Bonchev–Trinajstić information content (AvgIpc) is 2.81. The lowest BCUT2D eigenvalue weighted by Gasteiger charge is -2.42. The molecule has 0 N–H and O–H groups in total. The monoisotopic (exact) mass is 443 g/mol. The van der Waals surface area contributed by atoms with E-state index in [1.165, 1.54) is 14.2 Å². The number of aromatic nitrogens is 1. The molecule has 1 aliphatic rings. The lowest BCUT2D eigenvalue weighted by molar-refractivity contribution is 0.0940. The summed E-state index contributed by atoms with van der Waals surface area (Å²) in [5.41, 5.74) is 2.20. The Morgan fingerprint density at radius 1 is 1.19 bits per heavy atom. The summed E-state index contributed by atoms with van der Waals surface area (Å²) in [4.78, 5) is 33.0. The second-order valence-corrected chi connectivity index (χ2v) is 7.39. The van der Waals surface area contributed by atoms with Crippen molar-refractivity contribution in [2.75, 3.05) is 32.8 Å². The predicted octanol–water partition coefficient (Wildman–Crippen LogP) is 4.16. The van der Waals surface area contributed by atoms with Gasteiger partial charge in [0.2, 0.25) is 0 Å². The molecule has 172 valence electrons. The summed E-state index contributed by atoms with van der Waals surface area (Å²) < 4.78 is 21.4. The first kappa shape index (κ1) is 23.2. The van der Waals surface area contributed by atoms with Crippen LogP contribution in [0.4, 0.5) is 15.3 Å². The van der Waals surface area contributed by atoms with Gasteiger partial charge in [0, 0.05) is 30.1 Å². The summed E-state index contributed by atoms with van der Waals surface area (Å²) in [7, 11) is 4.43. The normalized spacial score (nSPS) is 17.2. The van der Waals surface area contributed by atoms with Crippen molar-refractivity contribution in [2.45, 2.75) is 38.9 Å². The molecule has 1 aromatic carbocycles. The molecule has 0 bridgehead atoms. The third-order valence-corrected chi connectivity index (χ3v) is 5.48. The minimum absolute atomic E-state index is 0.245. The summed E-state index contributed by atoms with van der Waals surface area (Å²) >= 11 is 0. The summed E-state index contributed by atoms with van der Waals surface area (Å²) in [6.45, 7) is 4.23. The van der Waals surface area contributed by atoms with Crippen LogP contribution in [0.2, 0.25) is 0 Å². The molecular weight excluding hydrogens is 414 g/mol. The number of hydrogen-bond acceptors (Lipinski definition) is 7. The number of methoxy groups -OCH3 is 3. The second-order valence-electron chi connectivity index (χ2n) is 7.39. The molecule has 3 rings (SSSR count). The number of pyridine rings is 1. The lowest BCUT2D eigenvalue weighted by Crippen LogP contribution is -2.47.